The highest BCUT2D eigenvalue weighted by molar-refractivity contribution is 5.85. The van der Waals surface area contributed by atoms with Crippen LogP contribution in [-0.4, -0.2) is 4.98 Å². The first kappa shape index (κ1) is 14.3. The number of rotatable bonds is 3. The third-order valence-electron chi connectivity index (χ3n) is 3.85. The molecule has 0 unspecified atom stereocenters. The van der Waals surface area contributed by atoms with E-state index in [-0.39, 0.29) is 11.4 Å². The van der Waals surface area contributed by atoms with Crippen LogP contribution in [0.15, 0.2) is 47.3 Å². The summed E-state index contributed by atoms with van der Waals surface area (Å²) in [6, 6.07) is 12.1. The van der Waals surface area contributed by atoms with E-state index < -0.39 is 0 Å². The number of aryl methyl sites for hydroxylation is 2. The summed E-state index contributed by atoms with van der Waals surface area (Å²) in [4.78, 5) is 15.2. The van der Waals surface area contributed by atoms with Gasteiger partial charge in [-0.2, -0.15) is 0 Å². The van der Waals surface area contributed by atoms with Crippen LogP contribution in [0.1, 0.15) is 16.7 Å². The quantitative estimate of drug-likeness (QED) is 0.770. The van der Waals surface area contributed by atoms with Crippen LogP contribution in [0.4, 0.5) is 10.1 Å². The maximum absolute atomic E-state index is 12.9. The average Bonchev–Trinajstić information content (AvgIpc) is 2.51. The molecule has 4 heteroatoms. The molecule has 1 heterocycles. The van der Waals surface area contributed by atoms with Gasteiger partial charge in [0.2, 0.25) is 0 Å². The molecule has 0 atom stereocenters. The Morgan fingerprint density at radius 1 is 1.05 bits per heavy atom. The number of anilines is 1. The van der Waals surface area contributed by atoms with Crippen molar-refractivity contribution in [1.29, 1.82) is 0 Å². The molecule has 0 aliphatic carbocycles. The Morgan fingerprint density at radius 3 is 2.45 bits per heavy atom. The summed E-state index contributed by atoms with van der Waals surface area (Å²) in [6.45, 7) is 4.40. The molecule has 3 nitrogen and oxygen atoms in total. The fourth-order valence-electron chi connectivity index (χ4n) is 2.51. The van der Waals surface area contributed by atoms with Crippen LogP contribution in [0.25, 0.3) is 10.9 Å². The Kier molecular flexibility index (Phi) is 3.67. The van der Waals surface area contributed by atoms with Crippen LogP contribution < -0.4 is 10.9 Å². The second-order valence-corrected chi connectivity index (χ2v) is 5.47. The first-order valence-corrected chi connectivity index (χ1v) is 7.16. The van der Waals surface area contributed by atoms with Gasteiger partial charge in [0.05, 0.1) is 5.52 Å². The molecule has 0 bridgehead atoms. The molecule has 0 saturated heterocycles. The van der Waals surface area contributed by atoms with Gasteiger partial charge in [0, 0.05) is 23.2 Å². The molecule has 0 fully saturated rings. The Hall–Kier alpha value is -2.62. The highest BCUT2D eigenvalue weighted by Crippen LogP contribution is 2.20. The molecule has 0 radical (unpaired) electrons. The fourth-order valence-corrected chi connectivity index (χ4v) is 2.51. The zero-order valence-electron chi connectivity index (χ0n) is 12.5. The van der Waals surface area contributed by atoms with Crippen LogP contribution in [0.2, 0.25) is 0 Å². The van der Waals surface area contributed by atoms with Gasteiger partial charge in [0.25, 0.3) is 5.56 Å². The lowest BCUT2D eigenvalue weighted by atomic mass is 10.0. The minimum absolute atomic E-state index is 0.101. The SMILES string of the molecule is Cc1ccc(C)c2[nH]c(=O)c(CNc3ccc(F)cc3)cc12. The molecule has 0 aliphatic heterocycles. The number of hydrogen-bond donors (Lipinski definition) is 2. The van der Waals surface area contributed by atoms with Crippen LogP contribution in [0.3, 0.4) is 0 Å². The third kappa shape index (κ3) is 2.72. The number of hydrogen-bond acceptors (Lipinski definition) is 2. The molecule has 112 valence electrons. The highest BCUT2D eigenvalue weighted by atomic mass is 19.1. The van der Waals surface area contributed by atoms with E-state index in [1.54, 1.807) is 12.1 Å². The summed E-state index contributed by atoms with van der Waals surface area (Å²) >= 11 is 0. The summed E-state index contributed by atoms with van der Waals surface area (Å²) in [5.41, 5.74) is 4.40. The maximum atomic E-state index is 12.9. The number of fused-ring (bicyclic) bond motifs is 1. The van der Waals surface area contributed by atoms with E-state index in [2.05, 4.69) is 10.3 Å². The maximum Gasteiger partial charge on any atom is 0.253 e. The normalized spacial score (nSPS) is 10.9. The molecule has 3 aromatic rings. The summed E-state index contributed by atoms with van der Waals surface area (Å²) in [7, 11) is 0. The Labute approximate surface area is 127 Å². The van der Waals surface area contributed by atoms with Crippen LogP contribution >= 0.6 is 0 Å². The highest BCUT2D eigenvalue weighted by Gasteiger charge is 2.07. The first-order valence-electron chi connectivity index (χ1n) is 7.16. The van der Waals surface area contributed by atoms with E-state index in [0.717, 1.165) is 27.7 Å². The molecular formula is C18H17FN2O. The Bertz CT molecular complexity index is 882. The van der Waals surface area contributed by atoms with Crippen LogP contribution in [-0.2, 0) is 6.54 Å². The van der Waals surface area contributed by atoms with Gasteiger partial charge >= 0.3 is 0 Å². The van der Waals surface area contributed by atoms with Crippen molar-refractivity contribution in [3.63, 3.8) is 0 Å². The number of aromatic amines is 1. The molecule has 2 aromatic carbocycles. The van der Waals surface area contributed by atoms with Gasteiger partial charge in [-0.3, -0.25) is 4.79 Å². The fraction of sp³-hybridized carbons (Fsp3) is 0.167. The summed E-state index contributed by atoms with van der Waals surface area (Å²) < 4.78 is 12.9. The van der Waals surface area contributed by atoms with Crippen molar-refractivity contribution < 1.29 is 4.39 Å². The molecular weight excluding hydrogens is 279 g/mol. The van der Waals surface area contributed by atoms with Crippen molar-refractivity contribution in [2.45, 2.75) is 20.4 Å². The largest absolute Gasteiger partial charge is 0.381 e. The molecule has 0 aliphatic rings. The number of pyridine rings is 1. The minimum Gasteiger partial charge on any atom is -0.381 e. The minimum atomic E-state index is -0.278. The van der Waals surface area contributed by atoms with Gasteiger partial charge in [0.15, 0.2) is 0 Å². The van der Waals surface area contributed by atoms with E-state index in [1.165, 1.54) is 12.1 Å². The first-order chi connectivity index (χ1) is 10.5. The Balaban J connectivity index is 1.94. The third-order valence-corrected chi connectivity index (χ3v) is 3.85. The van der Waals surface area contributed by atoms with Crippen molar-refractivity contribution in [2.75, 3.05) is 5.32 Å². The number of aromatic nitrogens is 1. The van der Waals surface area contributed by atoms with E-state index in [9.17, 15) is 9.18 Å². The van der Waals surface area contributed by atoms with Crippen LogP contribution in [0, 0.1) is 19.7 Å². The average molecular weight is 296 g/mol. The summed E-state index contributed by atoms with van der Waals surface area (Å²) in [5.74, 6) is -0.278. The molecule has 1 aromatic heterocycles. The van der Waals surface area contributed by atoms with E-state index in [1.807, 2.05) is 32.0 Å². The molecule has 0 amide bonds. The topological polar surface area (TPSA) is 44.9 Å². The number of H-pyrrole nitrogens is 1. The lowest BCUT2D eigenvalue weighted by Gasteiger charge is -2.10. The van der Waals surface area contributed by atoms with Gasteiger partial charge < -0.3 is 10.3 Å². The molecule has 0 saturated carbocycles. The van der Waals surface area contributed by atoms with E-state index in [0.29, 0.717) is 12.1 Å². The molecule has 0 spiro atoms. The monoisotopic (exact) mass is 296 g/mol. The lowest BCUT2D eigenvalue weighted by Crippen LogP contribution is -2.16. The van der Waals surface area contributed by atoms with Gasteiger partial charge in [-0.25, -0.2) is 4.39 Å². The Morgan fingerprint density at radius 2 is 1.73 bits per heavy atom. The smallest absolute Gasteiger partial charge is 0.253 e. The zero-order valence-corrected chi connectivity index (χ0v) is 12.5. The zero-order chi connectivity index (χ0) is 15.7. The van der Waals surface area contributed by atoms with E-state index >= 15 is 0 Å². The van der Waals surface area contributed by atoms with Gasteiger partial charge in [-0.1, -0.05) is 12.1 Å². The summed E-state index contributed by atoms with van der Waals surface area (Å²) in [5, 5.41) is 4.19. The standard InChI is InChI=1S/C18H17FN2O/c1-11-3-4-12(2)17-16(11)9-13(18(22)21-17)10-20-15-7-5-14(19)6-8-15/h3-9,20H,10H2,1-2H3,(H,21,22). The summed E-state index contributed by atoms with van der Waals surface area (Å²) in [6.07, 6.45) is 0. The van der Waals surface area contributed by atoms with Crippen molar-refractivity contribution in [3.8, 4) is 0 Å². The van der Waals surface area contributed by atoms with Crippen molar-refractivity contribution >= 4 is 16.6 Å². The number of halogens is 1. The van der Waals surface area contributed by atoms with Gasteiger partial charge in [0.1, 0.15) is 5.82 Å². The number of nitrogens with one attached hydrogen (secondary N) is 2. The number of benzene rings is 2. The molecule has 3 rings (SSSR count). The molecule has 22 heavy (non-hydrogen) atoms. The second-order valence-electron chi connectivity index (χ2n) is 5.47. The second kappa shape index (κ2) is 5.64. The van der Waals surface area contributed by atoms with E-state index in [4.69, 9.17) is 0 Å². The van der Waals surface area contributed by atoms with Crippen molar-refractivity contribution in [2.24, 2.45) is 0 Å². The lowest BCUT2D eigenvalue weighted by molar-refractivity contribution is 0.628. The predicted molar refractivity (Wildman–Crippen MR) is 87.8 cm³/mol. The molecule has 2 N–H and O–H groups in total. The van der Waals surface area contributed by atoms with Crippen molar-refractivity contribution in [1.82, 2.24) is 4.98 Å². The van der Waals surface area contributed by atoms with Gasteiger partial charge in [-0.15, -0.1) is 0 Å². The van der Waals surface area contributed by atoms with Crippen molar-refractivity contribution in [3.05, 3.63) is 75.3 Å². The van der Waals surface area contributed by atoms with Crippen LogP contribution in [0.5, 0.6) is 0 Å². The van der Waals surface area contributed by atoms with Gasteiger partial charge in [-0.05, 0) is 55.3 Å². The predicted octanol–water partition coefficient (Wildman–Crippen LogP) is 3.90.